The molecule has 0 bridgehead atoms. The first kappa shape index (κ1) is 16.4. The van der Waals surface area contributed by atoms with Gasteiger partial charge in [0.05, 0.1) is 12.2 Å². The Morgan fingerprint density at radius 3 is 2.44 bits per heavy atom. The van der Waals surface area contributed by atoms with Crippen molar-refractivity contribution in [2.24, 2.45) is 0 Å². The molecule has 4 rings (SSSR count). The predicted molar refractivity (Wildman–Crippen MR) is 91.2 cm³/mol. The second-order valence-electron chi connectivity index (χ2n) is 7.43. The average Bonchev–Trinajstić information content (AvgIpc) is 3.26. The number of urea groups is 1. The number of aromatic nitrogens is 3. The first-order valence-electron chi connectivity index (χ1n) is 9.47. The number of carbonyl (C=O) groups is 2. The van der Waals surface area contributed by atoms with Gasteiger partial charge in [-0.15, -0.1) is 5.10 Å². The molecular weight excluding hydrogens is 320 g/mol. The molecule has 2 saturated heterocycles. The van der Waals surface area contributed by atoms with Crippen molar-refractivity contribution >= 4 is 11.9 Å². The van der Waals surface area contributed by atoms with Gasteiger partial charge >= 0.3 is 6.03 Å². The van der Waals surface area contributed by atoms with Crippen molar-refractivity contribution < 1.29 is 9.59 Å². The van der Waals surface area contributed by atoms with E-state index in [1.165, 1.54) is 19.3 Å². The Balaban J connectivity index is 1.27. The Hall–Kier alpha value is -2.12. The number of rotatable bonds is 3. The van der Waals surface area contributed by atoms with Crippen molar-refractivity contribution in [3.05, 3.63) is 11.9 Å². The topological polar surface area (TPSA) is 83.4 Å². The van der Waals surface area contributed by atoms with Crippen LogP contribution in [0.25, 0.3) is 0 Å². The van der Waals surface area contributed by atoms with Gasteiger partial charge in [0.15, 0.2) is 5.69 Å². The Morgan fingerprint density at radius 2 is 1.72 bits per heavy atom. The quantitative estimate of drug-likeness (QED) is 0.897. The molecular formula is C17H26N6O2. The molecule has 3 amide bonds. The molecule has 1 aromatic heterocycles. The Bertz CT molecular complexity index is 627. The summed E-state index contributed by atoms with van der Waals surface area (Å²) in [7, 11) is 0. The lowest BCUT2D eigenvalue weighted by molar-refractivity contribution is 0.0786. The van der Waals surface area contributed by atoms with Gasteiger partial charge in [-0.05, 0) is 25.7 Å². The molecule has 3 aliphatic rings. The standard InChI is InChI=1S/C17H26N6O2/c24-16(21-8-4-5-9-21)15-12-23(20-19-15)14-10-22(11-14)17(25)18-13-6-2-1-3-7-13/h12-14H,1-11H2,(H,18,25). The molecule has 0 atom stereocenters. The number of likely N-dealkylation sites (tertiary alicyclic amines) is 2. The molecule has 25 heavy (non-hydrogen) atoms. The van der Waals surface area contributed by atoms with Crippen LogP contribution in [0.2, 0.25) is 0 Å². The fourth-order valence-electron chi connectivity index (χ4n) is 3.94. The van der Waals surface area contributed by atoms with E-state index in [-0.39, 0.29) is 18.0 Å². The van der Waals surface area contributed by atoms with Crippen molar-refractivity contribution in [1.29, 1.82) is 0 Å². The Labute approximate surface area is 147 Å². The van der Waals surface area contributed by atoms with Gasteiger partial charge in [-0.25, -0.2) is 9.48 Å². The van der Waals surface area contributed by atoms with Crippen LogP contribution in [0.4, 0.5) is 4.79 Å². The molecule has 3 fully saturated rings. The van der Waals surface area contributed by atoms with Crippen molar-refractivity contribution in [3.8, 4) is 0 Å². The third-order valence-corrected chi connectivity index (χ3v) is 5.58. The second-order valence-corrected chi connectivity index (χ2v) is 7.43. The zero-order valence-corrected chi connectivity index (χ0v) is 14.6. The summed E-state index contributed by atoms with van der Waals surface area (Å²) in [6, 6.07) is 0.470. The summed E-state index contributed by atoms with van der Waals surface area (Å²) < 4.78 is 1.73. The summed E-state index contributed by atoms with van der Waals surface area (Å²) in [5, 5.41) is 11.3. The van der Waals surface area contributed by atoms with Crippen LogP contribution in [0.1, 0.15) is 61.5 Å². The number of carbonyl (C=O) groups excluding carboxylic acids is 2. The molecule has 0 aromatic carbocycles. The zero-order chi connectivity index (χ0) is 17.2. The second kappa shape index (κ2) is 7.01. The maximum Gasteiger partial charge on any atom is 0.317 e. The van der Waals surface area contributed by atoms with Crippen LogP contribution in [-0.4, -0.2) is 69.0 Å². The van der Waals surface area contributed by atoms with Crippen LogP contribution in [-0.2, 0) is 0 Å². The molecule has 0 radical (unpaired) electrons. The normalized spacial score (nSPS) is 22.1. The van der Waals surface area contributed by atoms with Crippen LogP contribution < -0.4 is 5.32 Å². The van der Waals surface area contributed by atoms with Gasteiger partial charge in [0.1, 0.15) is 0 Å². The minimum absolute atomic E-state index is 0.0247. The summed E-state index contributed by atoms with van der Waals surface area (Å²) in [5.74, 6) is -0.0324. The average molecular weight is 346 g/mol. The van der Waals surface area contributed by atoms with Crippen LogP contribution >= 0.6 is 0 Å². The fourth-order valence-corrected chi connectivity index (χ4v) is 3.94. The summed E-state index contributed by atoms with van der Waals surface area (Å²) in [6.07, 6.45) is 9.73. The monoisotopic (exact) mass is 346 g/mol. The molecule has 1 saturated carbocycles. The number of hydrogen-bond acceptors (Lipinski definition) is 4. The number of hydrogen-bond donors (Lipinski definition) is 1. The lowest BCUT2D eigenvalue weighted by Crippen LogP contribution is -2.56. The Kier molecular flexibility index (Phi) is 4.59. The van der Waals surface area contributed by atoms with E-state index in [4.69, 9.17) is 0 Å². The van der Waals surface area contributed by atoms with Crippen LogP contribution in [0.5, 0.6) is 0 Å². The van der Waals surface area contributed by atoms with Gasteiger partial charge < -0.3 is 15.1 Å². The lowest BCUT2D eigenvalue weighted by Gasteiger charge is -2.39. The van der Waals surface area contributed by atoms with Crippen molar-refractivity contribution in [2.75, 3.05) is 26.2 Å². The largest absolute Gasteiger partial charge is 0.337 e. The van der Waals surface area contributed by atoms with E-state index in [1.54, 1.807) is 10.9 Å². The van der Waals surface area contributed by atoms with Gasteiger partial charge in [-0.1, -0.05) is 24.5 Å². The van der Waals surface area contributed by atoms with E-state index in [0.717, 1.165) is 38.8 Å². The van der Waals surface area contributed by atoms with Gasteiger partial charge in [0.25, 0.3) is 5.91 Å². The molecule has 8 nitrogen and oxygen atoms in total. The summed E-state index contributed by atoms with van der Waals surface area (Å²) in [5.41, 5.74) is 0.409. The molecule has 0 unspecified atom stereocenters. The molecule has 8 heteroatoms. The van der Waals surface area contributed by atoms with E-state index in [2.05, 4.69) is 15.6 Å². The van der Waals surface area contributed by atoms with Crippen molar-refractivity contribution in [1.82, 2.24) is 30.1 Å². The van der Waals surface area contributed by atoms with Crippen molar-refractivity contribution in [2.45, 2.75) is 57.0 Å². The van der Waals surface area contributed by atoms with Crippen LogP contribution in [0, 0.1) is 0 Å². The zero-order valence-electron chi connectivity index (χ0n) is 14.6. The summed E-state index contributed by atoms with van der Waals surface area (Å²) >= 11 is 0. The minimum atomic E-state index is -0.0324. The maximum absolute atomic E-state index is 12.3. The predicted octanol–water partition coefficient (Wildman–Crippen LogP) is 1.41. The third kappa shape index (κ3) is 3.48. The highest BCUT2D eigenvalue weighted by molar-refractivity contribution is 5.92. The number of nitrogens with one attached hydrogen (secondary N) is 1. The van der Waals surface area contributed by atoms with Gasteiger partial charge in [-0.2, -0.15) is 0 Å². The number of nitrogens with zero attached hydrogens (tertiary/aromatic N) is 5. The van der Waals surface area contributed by atoms with Gasteiger partial charge in [-0.3, -0.25) is 4.79 Å². The van der Waals surface area contributed by atoms with E-state index in [9.17, 15) is 9.59 Å². The highest BCUT2D eigenvalue weighted by atomic mass is 16.2. The molecule has 2 aliphatic heterocycles. The SMILES string of the molecule is O=C(NC1CCCCC1)N1CC(n2cc(C(=O)N3CCCC3)nn2)C1. The first-order chi connectivity index (χ1) is 12.2. The highest BCUT2D eigenvalue weighted by Crippen LogP contribution is 2.22. The smallest absolute Gasteiger partial charge is 0.317 e. The minimum Gasteiger partial charge on any atom is -0.337 e. The van der Waals surface area contributed by atoms with E-state index < -0.39 is 0 Å². The molecule has 1 aromatic rings. The lowest BCUT2D eigenvalue weighted by atomic mass is 9.95. The van der Waals surface area contributed by atoms with Crippen molar-refractivity contribution in [3.63, 3.8) is 0 Å². The Morgan fingerprint density at radius 1 is 1.00 bits per heavy atom. The fraction of sp³-hybridized carbons (Fsp3) is 0.765. The molecule has 3 heterocycles. The van der Waals surface area contributed by atoms with E-state index >= 15 is 0 Å². The summed E-state index contributed by atoms with van der Waals surface area (Å²) in [4.78, 5) is 28.2. The van der Waals surface area contributed by atoms with Crippen LogP contribution in [0.15, 0.2) is 6.20 Å². The van der Waals surface area contributed by atoms with E-state index in [1.807, 2.05) is 9.80 Å². The maximum atomic E-state index is 12.3. The summed E-state index contributed by atoms with van der Waals surface area (Å²) in [6.45, 7) is 2.87. The molecule has 1 N–H and O–H groups in total. The third-order valence-electron chi connectivity index (χ3n) is 5.58. The first-order valence-corrected chi connectivity index (χ1v) is 9.47. The van der Waals surface area contributed by atoms with E-state index in [0.29, 0.717) is 24.8 Å². The molecule has 0 spiro atoms. The molecule has 1 aliphatic carbocycles. The van der Waals surface area contributed by atoms with Crippen LogP contribution in [0.3, 0.4) is 0 Å². The molecule has 136 valence electrons. The van der Waals surface area contributed by atoms with Gasteiger partial charge in [0.2, 0.25) is 0 Å². The highest BCUT2D eigenvalue weighted by Gasteiger charge is 2.34. The number of amides is 3. The van der Waals surface area contributed by atoms with Gasteiger partial charge in [0, 0.05) is 32.2 Å².